The molecule has 0 amide bonds. The molecule has 1 heterocycles. The lowest BCUT2D eigenvalue weighted by Crippen LogP contribution is -2.41. The molecule has 110 valence electrons. The van der Waals surface area contributed by atoms with Crippen molar-refractivity contribution in [3.63, 3.8) is 0 Å². The minimum absolute atomic E-state index is 0.119. The van der Waals surface area contributed by atoms with Gasteiger partial charge >= 0.3 is 0 Å². The Hall–Kier alpha value is -1.31. The molecule has 1 atom stereocenters. The number of hydrogen-bond acceptors (Lipinski definition) is 5. The number of fused-ring (bicyclic) bond motifs is 1. The zero-order valence-electron chi connectivity index (χ0n) is 11.0. The van der Waals surface area contributed by atoms with E-state index in [4.69, 9.17) is 15.2 Å². The van der Waals surface area contributed by atoms with E-state index in [9.17, 15) is 8.42 Å². The Morgan fingerprint density at radius 1 is 1.30 bits per heavy atom. The summed E-state index contributed by atoms with van der Waals surface area (Å²) in [7, 11) is -3.65. The highest BCUT2D eigenvalue weighted by molar-refractivity contribution is 7.89. The summed E-state index contributed by atoms with van der Waals surface area (Å²) in [5, 5.41) is 0. The minimum atomic E-state index is -3.65. The fourth-order valence-electron chi connectivity index (χ4n) is 2.36. The van der Waals surface area contributed by atoms with Crippen LogP contribution in [0.4, 0.5) is 0 Å². The van der Waals surface area contributed by atoms with Crippen LogP contribution in [0.1, 0.15) is 12.8 Å². The Morgan fingerprint density at radius 2 is 2.05 bits per heavy atom. The normalized spacial score (nSPS) is 19.6. The monoisotopic (exact) mass is 298 g/mol. The van der Waals surface area contributed by atoms with Crippen molar-refractivity contribution in [1.29, 1.82) is 0 Å². The molecule has 3 rings (SSSR count). The van der Waals surface area contributed by atoms with E-state index in [0.29, 0.717) is 31.4 Å². The molecule has 1 saturated carbocycles. The number of ether oxygens (including phenoxy) is 2. The molecule has 1 aromatic carbocycles. The third kappa shape index (κ3) is 2.61. The second kappa shape index (κ2) is 5.23. The van der Waals surface area contributed by atoms with Crippen LogP contribution in [0.2, 0.25) is 0 Å². The zero-order chi connectivity index (χ0) is 14.2. The smallest absolute Gasteiger partial charge is 0.244 e. The molecule has 1 unspecified atom stereocenters. The summed E-state index contributed by atoms with van der Waals surface area (Å²) in [6.45, 7) is 1.08. The van der Waals surface area contributed by atoms with Crippen molar-refractivity contribution in [3.8, 4) is 11.5 Å². The van der Waals surface area contributed by atoms with E-state index in [1.54, 1.807) is 12.1 Å². The fraction of sp³-hybridized carbons (Fsp3) is 0.538. The summed E-state index contributed by atoms with van der Waals surface area (Å²) in [6, 6.07) is 4.67. The van der Waals surface area contributed by atoms with Crippen molar-refractivity contribution in [1.82, 2.24) is 4.72 Å². The van der Waals surface area contributed by atoms with E-state index in [0.717, 1.165) is 12.8 Å². The number of benzene rings is 1. The van der Waals surface area contributed by atoms with E-state index in [2.05, 4.69) is 4.72 Å². The standard InChI is InChI=1S/C13H18N2O4S/c14-8-10(9-4-5-9)15-20(16,17)12-3-1-2-11-13(12)19-7-6-18-11/h1-3,9-10,15H,4-8,14H2. The Bertz CT molecular complexity index is 598. The van der Waals surface area contributed by atoms with E-state index in [1.165, 1.54) is 6.07 Å². The first-order valence-electron chi connectivity index (χ1n) is 6.73. The molecule has 0 saturated heterocycles. The van der Waals surface area contributed by atoms with Crippen molar-refractivity contribution in [2.24, 2.45) is 11.7 Å². The molecule has 0 aromatic heterocycles. The van der Waals surface area contributed by atoms with Gasteiger partial charge in [-0.2, -0.15) is 0 Å². The summed E-state index contributed by atoms with van der Waals surface area (Å²) in [6.07, 6.45) is 2.05. The second-order valence-corrected chi connectivity index (χ2v) is 6.76. The predicted octanol–water partition coefficient (Wildman–Crippen LogP) is 0.473. The maximum Gasteiger partial charge on any atom is 0.244 e. The van der Waals surface area contributed by atoms with Crippen molar-refractivity contribution in [2.45, 2.75) is 23.8 Å². The Labute approximate surface area is 118 Å². The molecule has 1 fully saturated rings. The van der Waals surface area contributed by atoms with Crippen LogP contribution in [0.15, 0.2) is 23.1 Å². The number of nitrogens with one attached hydrogen (secondary N) is 1. The molecule has 1 aliphatic carbocycles. The highest BCUT2D eigenvalue weighted by atomic mass is 32.2. The fourth-order valence-corrected chi connectivity index (χ4v) is 3.83. The van der Waals surface area contributed by atoms with E-state index >= 15 is 0 Å². The Morgan fingerprint density at radius 3 is 2.75 bits per heavy atom. The average Bonchev–Trinajstić information content (AvgIpc) is 3.29. The van der Waals surface area contributed by atoms with Gasteiger partial charge in [0.05, 0.1) is 0 Å². The van der Waals surface area contributed by atoms with Crippen LogP contribution >= 0.6 is 0 Å². The van der Waals surface area contributed by atoms with Crippen molar-refractivity contribution in [3.05, 3.63) is 18.2 Å². The predicted molar refractivity (Wildman–Crippen MR) is 73.3 cm³/mol. The largest absolute Gasteiger partial charge is 0.486 e. The van der Waals surface area contributed by atoms with Crippen LogP contribution in [-0.4, -0.2) is 34.2 Å². The van der Waals surface area contributed by atoms with Gasteiger partial charge in [-0.1, -0.05) is 6.07 Å². The van der Waals surface area contributed by atoms with Crippen molar-refractivity contribution >= 4 is 10.0 Å². The van der Waals surface area contributed by atoms with Gasteiger partial charge in [-0.25, -0.2) is 13.1 Å². The van der Waals surface area contributed by atoms with Gasteiger partial charge in [0.15, 0.2) is 11.5 Å². The van der Waals surface area contributed by atoms with Crippen molar-refractivity contribution in [2.75, 3.05) is 19.8 Å². The molecule has 1 aromatic rings. The molecule has 2 aliphatic rings. The Kier molecular flexibility index (Phi) is 3.57. The topological polar surface area (TPSA) is 90.7 Å². The van der Waals surface area contributed by atoms with Crippen LogP contribution in [-0.2, 0) is 10.0 Å². The maximum atomic E-state index is 12.5. The molecule has 20 heavy (non-hydrogen) atoms. The van der Waals surface area contributed by atoms with Gasteiger partial charge in [-0.05, 0) is 30.9 Å². The highest BCUT2D eigenvalue weighted by Gasteiger charge is 2.35. The lowest BCUT2D eigenvalue weighted by molar-refractivity contribution is 0.167. The summed E-state index contributed by atoms with van der Waals surface area (Å²) in [5.41, 5.74) is 5.65. The molecule has 0 bridgehead atoms. The molecule has 1 aliphatic heterocycles. The number of rotatable bonds is 5. The highest BCUT2D eigenvalue weighted by Crippen LogP contribution is 2.37. The number of hydrogen-bond donors (Lipinski definition) is 2. The number of sulfonamides is 1. The third-order valence-corrected chi connectivity index (χ3v) is 5.08. The minimum Gasteiger partial charge on any atom is -0.486 e. The molecule has 7 heteroatoms. The molecule has 0 spiro atoms. The zero-order valence-corrected chi connectivity index (χ0v) is 11.9. The van der Waals surface area contributed by atoms with Crippen LogP contribution in [0, 0.1) is 5.92 Å². The number of para-hydroxylation sites is 1. The molecular formula is C13H18N2O4S. The second-order valence-electron chi connectivity index (χ2n) is 5.08. The van der Waals surface area contributed by atoms with E-state index in [1.807, 2.05) is 0 Å². The van der Waals surface area contributed by atoms with Gasteiger partial charge < -0.3 is 15.2 Å². The van der Waals surface area contributed by atoms with Crippen LogP contribution < -0.4 is 19.9 Å². The number of nitrogens with two attached hydrogens (primary N) is 1. The maximum absolute atomic E-state index is 12.5. The molecule has 0 radical (unpaired) electrons. The van der Waals surface area contributed by atoms with E-state index in [-0.39, 0.29) is 16.7 Å². The Balaban J connectivity index is 1.90. The quantitative estimate of drug-likeness (QED) is 0.825. The van der Waals surface area contributed by atoms with Crippen LogP contribution in [0.5, 0.6) is 11.5 Å². The first-order valence-corrected chi connectivity index (χ1v) is 8.21. The van der Waals surface area contributed by atoms with Gasteiger partial charge in [0.1, 0.15) is 18.1 Å². The van der Waals surface area contributed by atoms with Gasteiger partial charge in [-0.15, -0.1) is 0 Å². The first-order chi connectivity index (χ1) is 9.62. The summed E-state index contributed by atoms with van der Waals surface area (Å²) < 4.78 is 38.6. The summed E-state index contributed by atoms with van der Waals surface area (Å²) >= 11 is 0. The molecule has 6 nitrogen and oxygen atoms in total. The summed E-state index contributed by atoms with van der Waals surface area (Å²) in [5.74, 6) is 1.11. The summed E-state index contributed by atoms with van der Waals surface area (Å²) in [4.78, 5) is 0.119. The lowest BCUT2D eigenvalue weighted by Gasteiger charge is -2.22. The molecular weight excluding hydrogens is 280 g/mol. The van der Waals surface area contributed by atoms with E-state index < -0.39 is 10.0 Å². The SMILES string of the molecule is NCC(NS(=O)(=O)c1cccc2c1OCCO2)C1CC1. The third-order valence-electron chi connectivity index (χ3n) is 3.57. The van der Waals surface area contributed by atoms with Gasteiger partial charge in [0, 0.05) is 12.6 Å². The average molecular weight is 298 g/mol. The van der Waals surface area contributed by atoms with Gasteiger partial charge in [0.25, 0.3) is 0 Å². The van der Waals surface area contributed by atoms with Crippen LogP contribution in [0.3, 0.4) is 0 Å². The molecule has 3 N–H and O–H groups in total. The lowest BCUT2D eigenvalue weighted by atomic mass is 10.2. The van der Waals surface area contributed by atoms with Gasteiger partial charge in [-0.3, -0.25) is 0 Å². The first kappa shape index (κ1) is 13.7. The van der Waals surface area contributed by atoms with Gasteiger partial charge in [0.2, 0.25) is 10.0 Å². The van der Waals surface area contributed by atoms with Crippen LogP contribution in [0.25, 0.3) is 0 Å². The van der Waals surface area contributed by atoms with Crippen molar-refractivity contribution < 1.29 is 17.9 Å².